The summed E-state index contributed by atoms with van der Waals surface area (Å²) in [4.78, 5) is 0. The molecule has 3 heteroatoms. The zero-order chi connectivity index (χ0) is 2.71. The van der Waals surface area contributed by atoms with Crippen molar-refractivity contribution in [1.82, 2.24) is 0 Å². The molecule has 5 heavy (non-hydrogen) atoms. The molecule has 0 aliphatic rings. The van der Waals surface area contributed by atoms with Gasteiger partial charge in [-0.05, 0) is 6.54 Å². The number of hydrogen-bond donors (Lipinski definition) is 1. The van der Waals surface area contributed by atoms with Gasteiger partial charge in [-0.1, -0.05) is 6.92 Å². The van der Waals surface area contributed by atoms with Crippen LogP contribution in [0.1, 0.15) is 6.92 Å². The van der Waals surface area contributed by atoms with Gasteiger partial charge in [-0.2, -0.15) is 13.5 Å². The highest BCUT2D eigenvalue weighted by Crippen LogP contribution is 1.20. The van der Waals surface area contributed by atoms with Crippen LogP contribution < -0.4 is 5.73 Å². The number of rotatable bonds is 0. The minimum Gasteiger partial charge on any atom is -0.331 e. The largest absolute Gasteiger partial charge is 0.331 e. The minimum atomic E-state index is 0. The zero-order valence-electron chi connectivity index (χ0n) is 3.19. The van der Waals surface area contributed by atoms with Gasteiger partial charge in [0.2, 0.25) is 0 Å². The Labute approximate surface area is 45.8 Å². The van der Waals surface area contributed by atoms with Gasteiger partial charge in [-0.3, -0.25) is 0 Å². The zero-order valence-corrected chi connectivity index (χ0v) is 5.01. The van der Waals surface area contributed by atoms with Crippen molar-refractivity contribution in [3.63, 3.8) is 0 Å². The smallest absolute Gasteiger partial charge is 0.0106 e. The van der Waals surface area contributed by atoms with Crippen molar-refractivity contribution in [2.24, 2.45) is 5.73 Å². The molecule has 0 saturated heterocycles. The first-order valence-electron chi connectivity index (χ1n) is 1.12. The third-order valence-corrected chi connectivity index (χ3v) is 0. The van der Waals surface area contributed by atoms with Crippen molar-refractivity contribution < 1.29 is 0 Å². The summed E-state index contributed by atoms with van der Waals surface area (Å²) in [5.74, 6) is 0. The molecule has 0 aromatic carbocycles. The number of halogens is 1. The van der Waals surface area contributed by atoms with E-state index in [9.17, 15) is 0 Å². The summed E-state index contributed by atoms with van der Waals surface area (Å²) in [5, 5.41) is 0. The molecular weight excluding hydrogens is 106 g/mol. The highest BCUT2D eigenvalue weighted by atomic mass is 35.5. The standard InChI is InChI=1S/C2H7N.ClH.H2S/c1-2-3;;/h2-3H2,1H3;1H;1H2. The summed E-state index contributed by atoms with van der Waals surface area (Å²) in [6, 6.07) is 0. The highest BCUT2D eigenvalue weighted by molar-refractivity contribution is 7.59. The van der Waals surface area contributed by atoms with Crippen molar-refractivity contribution in [3.8, 4) is 0 Å². The quantitative estimate of drug-likeness (QED) is 0.489. The number of nitrogens with two attached hydrogens (primary N) is 1. The first-order valence-corrected chi connectivity index (χ1v) is 1.12. The predicted octanol–water partition coefficient (Wildman–Crippen LogP) is 0.500. The molecule has 0 aliphatic heterocycles. The molecule has 0 bridgehead atoms. The molecular formula is C2H10ClNS. The van der Waals surface area contributed by atoms with Crippen molar-refractivity contribution in [2.45, 2.75) is 6.92 Å². The Morgan fingerprint density at radius 3 is 1.60 bits per heavy atom. The van der Waals surface area contributed by atoms with E-state index in [1.807, 2.05) is 6.92 Å². The molecule has 0 aromatic heterocycles. The Hall–Kier alpha value is 0.600. The van der Waals surface area contributed by atoms with Crippen LogP contribution in [0, 0.1) is 0 Å². The van der Waals surface area contributed by atoms with Gasteiger partial charge < -0.3 is 5.73 Å². The second-order valence-corrected chi connectivity index (χ2v) is 0.408. The van der Waals surface area contributed by atoms with E-state index in [4.69, 9.17) is 5.73 Å². The third kappa shape index (κ3) is 86.4. The molecule has 0 aromatic rings. The maximum atomic E-state index is 4.85. The van der Waals surface area contributed by atoms with Crippen LogP contribution in [0.15, 0.2) is 0 Å². The summed E-state index contributed by atoms with van der Waals surface area (Å²) < 4.78 is 0. The molecule has 0 radical (unpaired) electrons. The summed E-state index contributed by atoms with van der Waals surface area (Å²) in [7, 11) is 0. The summed E-state index contributed by atoms with van der Waals surface area (Å²) >= 11 is 0. The van der Waals surface area contributed by atoms with Crippen LogP contribution in [0.4, 0.5) is 0 Å². The van der Waals surface area contributed by atoms with Gasteiger partial charge in [0, 0.05) is 0 Å². The molecule has 0 rings (SSSR count). The fourth-order valence-electron chi connectivity index (χ4n) is 0. The molecule has 0 unspecified atom stereocenters. The Bertz CT molecular complexity index is 9.61. The molecule has 0 atom stereocenters. The van der Waals surface area contributed by atoms with Crippen molar-refractivity contribution in [2.75, 3.05) is 6.54 Å². The summed E-state index contributed by atoms with van der Waals surface area (Å²) in [5.41, 5.74) is 4.85. The average Bonchev–Trinajstić information content (AvgIpc) is 0.918. The first-order chi connectivity index (χ1) is 1.41. The van der Waals surface area contributed by atoms with E-state index in [0.29, 0.717) is 0 Å². The summed E-state index contributed by atoms with van der Waals surface area (Å²) in [6.45, 7) is 2.65. The minimum absolute atomic E-state index is 0. The fourth-order valence-corrected chi connectivity index (χ4v) is 0. The van der Waals surface area contributed by atoms with E-state index in [1.54, 1.807) is 0 Å². The maximum absolute atomic E-state index is 4.85. The molecule has 2 N–H and O–H groups in total. The van der Waals surface area contributed by atoms with Crippen molar-refractivity contribution >= 4 is 25.9 Å². The molecule has 0 aliphatic carbocycles. The van der Waals surface area contributed by atoms with E-state index in [0.717, 1.165) is 6.54 Å². The highest BCUT2D eigenvalue weighted by Gasteiger charge is 1.32. The van der Waals surface area contributed by atoms with E-state index >= 15 is 0 Å². The SMILES string of the molecule is CCN.Cl.S. The fraction of sp³-hybridized carbons (Fsp3) is 1.00. The van der Waals surface area contributed by atoms with Crippen LogP contribution >= 0.6 is 25.9 Å². The van der Waals surface area contributed by atoms with Crippen molar-refractivity contribution in [1.29, 1.82) is 0 Å². The van der Waals surface area contributed by atoms with Gasteiger partial charge in [-0.25, -0.2) is 0 Å². The number of hydrogen-bond acceptors (Lipinski definition) is 1. The van der Waals surface area contributed by atoms with Crippen LogP contribution in [0.2, 0.25) is 0 Å². The van der Waals surface area contributed by atoms with Crippen LogP contribution in [-0.4, -0.2) is 6.54 Å². The topological polar surface area (TPSA) is 26.0 Å². The average molecular weight is 116 g/mol. The molecule has 1 nitrogen and oxygen atoms in total. The van der Waals surface area contributed by atoms with Gasteiger partial charge >= 0.3 is 0 Å². The normalized spacial score (nSPS) is 3.60. The lowest BCUT2D eigenvalue weighted by Crippen LogP contribution is -1.87. The summed E-state index contributed by atoms with van der Waals surface area (Å²) in [6.07, 6.45) is 0. The van der Waals surface area contributed by atoms with Crippen LogP contribution in [-0.2, 0) is 0 Å². The van der Waals surface area contributed by atoms with Crippen LogP contribution in [0.5, 0.6) is 0 Å². The Kier molecular flexibility index (Phi) is 81.6. The molecule has 36 valence electrons. The lowest BCUT2D eigenvalue weighted by Gasteiger charge is -1.53. The van der Waals surface area contributed by atoms with Gasteiger partial charge in [0.25, 0.3) is 0 Å². The second kappa shape index (κ2) is 23.3. The second-order valence-electron chi connectivity index (χ2n) is 0.408. The third-order valence-electron chi connectivity index (χ3n) is 0. The van der Waals surface area contributed by atoms with E-state index in [-0.39, 0.29) is 25.9 Å². The van der Waals surface area contributed by atoms with Crippen LogP contribution in [0.3, 0.4) is 0 Å². The first kappa shape index (κ1) is 17.5. The predicted molar refractivity (Wildman–Crippen MR) is 32.4 cm³/mol. The molecule has 0 fully saturated rings. The van der Waals surface area contributed by atoms with Gasteiger partial charge in [0.15, 0.2) is 0 Å². The van der Waals surface area contributed by atoms with E-state index in [2.05, 4.69) is 0 Å². The Morgan fingerprint density at radius 2 is 1.60 bits per heavy atom. The molecule has 0 saturated carbocycles. The van der Waals surface area contributed by atoms with E-state index < -0.39 is 0 Å². The molecule has 0 spiro atoms. The Morgan fingerprint density at radius 1 is 1.60 bits per heavy atom. The maximum Gasteiger partial charge on any atom is -0.0106 e. The van der Waals surface area contributed by atoms with Gasteiger partial charge in [0.1, 0.15) is 0 Å². The molecule has 0 amide bonds. The van der Waals surface area contributed by atoms with Crippen LogP contribution in [0.25, 0.3) is 0 Å². The Balaban J connectivity index is -0.0000000200. The van der Waals surface area contributed by atoms with Gasteiger partial charge in [0.05, 0.1) is 0 Å². The lowest BCUT2D eigenvalue weighted by molar-refractivity contribution is 1.14. The lowest BCUT2D eigenvalue weighted by atomic mass is 10.8. The monoisotopic (exact) mass is 115 g/mol. The van der Waals surface area contributed by atoms with Crippen molar-refractivity contribution in [3.05, 3.63) is 0 Å². The van der Waals surface area contributed by atoms with E-state index in [1.165, 1.54) is 0 Å². The molecule has 0 heterocycles. The van der Waals surface area contributed by atoms with Gasteiger partial charge in [-0.15, -0.1) is 12.4 Å².